The summed E-state index contributed by atoms with van der Waals surface area (Å²) in [5.74, 6) is -1.66. The molecule has 0 bridgehead atoms. The Morgan fingerprint density at radius 2 is 1.89 bits per heavy atom. The molecule has 1 amide bonds. The molecule has 1 aliphatic heterocycles. The van der Waals surface area contributed by atoms with Crippen molar-refractivity contribution in [2.75, 3.05) is 11.5 Å². The Morgan fingerprint density at radius 3 is 2.61 bits per heavy atom. The molecule has 1 aliphatic rings. The van der Waals surface area contributed by atoms with E-state index < -0.39 is 23.5 Å². The van der Waals surface area contributed by atoms with Crippen LogP contribution in [-0.4, -0.2) is 33.4 Å². The first-order chi connectivity index (χ1) is 17.4. The number of fused-ring (bicyclic) bond motifs is 1. The van der Waals surface area contributed by atoms with Crippen LogP contribution in [-0.2, 0) is 9.59 Å². The van der Waals surface area contributed by atoms with Crippen molar-refractivity contribution in [1.82, 2.24) is 9.97 Å². The Bertz CT molecular complexity index is 1510. The van der Waals surface area contributed by atoms with Crippen molar-refractivity contribution in [3.05, 3.63) is 94.8 Å². The SMILES string of the molecule is CCCOc1ccc(/C(O)=C2\C(=O)C(=O)N(c3nc4ccc(F)cc4[nH]3)C2c2ccccc2)cc1C. The van der Waals surface area contributed by atoms with Crippen LogP contribution >= 0.6 is 0 Å². The van der Waals surface area contributed by atoms with E-state index in [9.17, 15) is 19.1 Å². The van der Waals surface area contributed by atoms with Gasteiger partial charge in [-0.15, -0.1) is 0 Å². The number of rotatable bonds is 6. The highest BCUT2D eigenvalue weighted by Gasteiger charge is 2.48. The van der Waals surface area contributed by atoms with Crippen LogP contribution in [0.5, 0.6) is 5.75 Å². The second-order valence-corrected chi connectivity index (χ2v) is 8.63. The molecule has 7 nitrogen and oxygen atoms in total. The van der Waals surface area contributed by atoms with Crippen molar-refractivity contribution in [3.8, 4) is 5.75 Å². The van der Waals surface area contributed by atoms with E-state index in [-0.39, 0.29) is 17.3 Å². The minimum Gasteiger partial charge on any atom is -0.507 e. The molecule has 1 aromatic heterocycles. The van der Waals surface area contributed by atoms with Crippen LogP contribution in [0, 0.1) is 12.7 Å². The van der Waals surface area contributed by atoms with E-state index in [1.807, 2.05) is 19.9 Å². The van der Waals surface area contributed by atoms with Crippen molar-refractivity contribution in [1.29, 1.82) is 0 Å². The lowest BCUT2D eigenvalue weighted by atomic mass is 9.95. The molecule has 0 radical (unpaired) electrons. The third-order valence-electron chi connectivity index (χ3n) is 6.13. The Kier molecular flexibility index (Phi) is 6.01. The number of nitrogens with zero attached hydrogens (tertiary/aromatic N) is 2. The number of anilines is 1. The quantitative estimate of drug-likeness (QED) is 0.216. The number of aromatic amines is 1. The molecule has 1 atom stereocenters. The summed E-state index contributed by atoms with van der Waals surface area (Å²) in [6, 6.07) is 17.1. The summed E-state index contributed by atoms with van der Waals surface area (Å²) in [7, 11) is 0. The molecule has 0 spiro atoms. The van der Waals surface area contributed by atoms with Crippen LogP contribution < -0.4 is 9.64 Å². The van der Waals surface area contributed by atoms with Crippen molar-refractivity contribution in [2.24, 2.45) is 0 Å². The fourth-order valence-corrected chi connectivity index (χ4v) is 4.41. The van der Waals surface area contributed by atoms with Gasteiger partial charge < -0.3 is 14.8 Å². The maximum atomic E-state index is 13.8. The van der Waals surface area contributed by atoms with E-state index in [2.05, 4.69) is 9.97 Å². The summed E-state index contributed by atoms with van der Waals surface area (Å²) in [6.07, 6.45) is 0.857. The zero-order valence-corrected chi connectivity index (χ0v) is 19.8. The number of Topliss-reactive ketones (excluding diaryl/α,β-unsaturated/α-hetero) is 1. The fraction of sp³-hybridized carbons (Fsp3) is 0.179. The largest absolute Gasteiger partial charge is 0.507 e. The van der Waals surface area contributed by atoms with Gasteiger partial charge >= 0.3 is 5.91 Å². The first-order valence-electron chi connectivity index (χ1n) is 11.6. The van der Waals surface area contributed by atoms with E-state index in [1.165, 1.54) is 23.1 Å². The number of imidazole rings is 1. The van der Waals surface area contributed by atoms with Crippen LogP contribution in [0.1, 0.15) is 36.1 Å². The number of ketones is 1. The average Bonchev–Trinajstić information content (AvgIpc) is 3.41. The lowest BCUT2D eigenvalue weighted by Crippen LogP contribution is -2.30. The van der Waals surface area contributed by atoms with Gasteiger partial charge in [-0.1, -0.05) is 37.3 Å². The third kappa shape index (κ3) is 4.00. The second kappa shape index (κ2) is 9.30. The molecule has 2 N–H and O–H groups in total. The first-order valence-corrected chi connectivity index (χ1v) is 11.6. The van der Waals surface area contributed by atoms with E-state index in [0.717, 1.165) is 12.0 Å². The minimum absolute atomic E-state index is 0.0561. The monoisotopic (exact) mass is 485 g/mol. The molecule has 0 aliphatic carbocycles. The number of aromatic nitrogens is 2. The van der Waals surface area contributed by atoms with Crippen molar-refractivity contribution in [3.63, 3.8) is 0 Å². The number of nitrogens with one attached hydrogen (secondary N) is 1. The van der Waals surface area contributed by atoms with Gasteiger partial charge in [0.25, 0.3) is 5.78 Å². The van der Waals surface area contributed by atoms with Crippen molar-refractivity contribution < 1.29 is 23.8 Å². The van der Waals surface area contributed by atoms with Gasteiger partial charge in [0.15, 0.2) is 0 Å². The van der Waals surface area contributed by atoms with E-state index in [1.54, 1.807) is 42.5 Å². The maximum Gasteiger partial charge on any atom is 0.302 e. The summed E-state index contributed by atoms with van der Waals surface area (Å²) < 4.78 is 19.5. The topological polar surface area (TPSA) is 95.5 Å². The van der Waals surface area contributed by atoms with Crippen LogP contribution in [0.4, 0.5) is 10.3 Å². The molecule has 2 heterocycles. The number of aliphatic hydroxyl groups excluding tert-OH is 1. The number of aliphatic hydroxyl groups is 1. The second-order valence-electron chi connectivity index (χ2n) is 8.63. The van der Waals surface area contributed by atoms with E-state index >= 15 is 0 Å². The lowest BCUT2D eigenvalue weighted by Gasteiger charge is -2.23. The van der Waals surface area contributed by atoms with Crippen LogP contribution in [0.15, 0.2) is 72.3 Å². The Balaban J connectivity index is 1.66. The van der Waals surface area contributed by atoms with Gasteiger partial charge in [0, 0.05) is 5.56 Å². The van der Waals surface area contributed by atoms with Crippen LogP contribution in [0.3, 0.4) is 0 Å². The lowest BCUT2D eigenvalue weighted by molar-refractivity contribution is -0.132. The van der Waals surface area contributed by atoms with E-state index in [4.69, 9.17) is 4.74 Å². The average molecular weight is 486 g/mol. The highest BCUT2D eigenvalue weighted by Crippen LogP contribution is 2.42. The number of hydrogen-bond donors (Lipinski definition) is 2. The first kappa shape index (κ1) is 23.3. The summed E-state index contributed by atoms with van der Waals surface area (Å²) >= 11 is 0. The molecule has 1 fully saturated rings. The summed E-state index contributed by atoms with van der Waals surface area (Å²) in [5.41, 5.74) is 2.57. The summed E-state index contributed by atoms with van der Waals surface area (Å²) in [5, 5.41) is 11.3. The number of aryl methyl sites for hydroxylation is 1. The number of ether oxygens (including phenoxy) is 1. The Labute approximate surface area is 206 Å². The zero-order valence-electron chi connectivity index (χ0n) is 19.8. The number of amides is 1. The van der Waals surface area contributed by atoms with Crippen LogP contribution in [0.25, 0.3) is 16.8 Å². The molecule has 8 heteroatoms. The highest BCUT2D eigenvalue weighted by atomic mass is 19.1. The number of benzene rings is 3. The maximum absolute atomic E-state index is 13.8. The van der Waals surface area contributed by atoms with Gasteiger partial charge in [0.05, 0.1) is 29.3 Å². The van der Waals surface area contributed by atoms with Crippen molar-refractivity contribution >= 4 is 34.4 Å². The number of carbonyl (C=O) groups is 2. The van der Waals surface area contributed by atoms with Crippen molar-refractivity contribution in [2.45, 2.75) is 26.3 Å². The van der Waals surface area contributed by atoms with Gasteiger partial charge in [-0.2, -0.15) is 0 Å². The van der Waals surface area contributed by atoms with Gasteiger partial charge in [0.1, 0.15) is 17.3 Å². The minimum atomic E-state index is -0.937. The number of hydrogen-bond acceptors (Lipinski definition) is 5. The number of H-pyrrole nitrogens is 1. The predicted molar refractivity (Wildman–Crippen MR) is 134 cm³/mol. The smallest absolute Gasteiger partial charge is 0.302 e. The molecule has 182 valence electrons. The molecule has 36 heavy (non-hydrogen) atoms. The molecule has 1 saturated heterocycles. The Hall–Kier alpha value is -4.46. The zero-order chi connectivity index (χ0) is 25.4. The summed E-state index contributed by atoms with van der Waals surface area (Å²) in [4.78, 5) is 35.2. The van der Waals surface area contributed by atoms with Crippen LogP contribution in [0.2, 0.25) is 0 Å². The molecule has 1 unspecified atom stereocenters. The highest BCUT2D eigenvalue weighted by molar-refractivity contribution is 6.51. The fourth-order valence-electron chi connectivity index (χ4n) is 4.41. The predicted octanol–water partition coefficient (Wildman–Crippen LogP) is 5.43. The number of halogens is 1. The molecular formula is C28H24FN3O4. The molecule has 3 aromatic carbocycles. The van der Waals surface area contributed by atoms with Gasteiger partial charge in [-0.25, -0.2) is 9.37 Å². The van der Waals surface area contributed by atoms with Gasteiger partial charge in [-0.05, 0) is 60.9 Å². The normalized spacial score (nSPS) is 17.2. The molecule has 4 aromatic rings. The third-order valence-corrected chi connectivity index (χ3v) is 6.13. The number of carbonyl (C=O) groups excluding carboxylic acids is 2. The molecule has 5 rings (SSSR count). The van der Waals surface area contributed by atoms with Gasteiger partial charge in [0.2, 0.25) is 5.95 Å². The van der Waals surface area contributed by atoms with Gasteiger partial charge in [-0.3, -0.25) is 14.5 Å². The Morgan fingerprint density at radius 1 is 1.11 bits per heavy atom. The molecule has 0 saturated carbocycles. The van der Waals surface area contributed by atoms with E-state index in [0.29, 0.717) is 34.5 Å². The molecular weight excluding hydrogens is 461 g/mol. The standard InChI is InChI=1S/C28H24FN3O4/c1-3-13-36-22-12-9-18(14-16(22)2)25(33)23-24(17-7-5-4-6-8-17)32(27(35)26(23)34)28-30-20-11-10-19(29)15-21(20)31-28/h4-12,14-15,24,33H,3,13H2,1-2H3,(H,30,31)/b25-23+. The summed E-state index contributed by atoms with van der Waals surface area (Å²) in [6.45, 7) is 4.42.